The predicted molar refractivity (Wildman–Crippen MR) is 92.4 cm³/mol. The zero-order valence-corrected chi connectivity index (χ0v) is 14.3. The molecule has 3 aromatic rings. The van der Waals surface area contributed by atoms with Crippen LogP contribution in [-0.2, 0) is 12.8 Å². The summed E-state index contributed by atoms with van der Waals surface area (Å²) in [5.41, 5.74) is 1.48. The van der Waals surface area contributed by atoms with Crippen LogP contribution in [0.4, 0.5) is 8.78 Å². The molecule has 0 saturated carbocycles. The van der Waals surface area contributed by atoms with E-state index in [2.05, 4.69) is 20.2 Å². The van der Waals surface area contributed by atoms with Gasteiger partial charge in [0.1, 0.15) is 23.0 Å². The molecule has 0 atom stereocenters. The summed E-state index contributed by atoms with van der Waals surface area (Å²) in [4.78, 5) is 32.1. The number of Topliss-reactive ketones (excluding diaryl/α,β-unsaturated/α-hetero) is 2. The van der Waals surface area contributed by atoms with Crippen molar-refractivity contribution < 1.29 is 18.4 Å². The first-order chi connectivity index (χ1) is 13.0. The molecule has 6 nitrogen and oxygen atoms in total. The van der Waals surface area contributed by atoms with Crippen molar-refractivity contribution in [3.63, 3.8) is 0 Å². The molecule has 0 bridgehead atoms. The molecule has 0 spiro atoms. The highest BCUT2D eigenvalue weighted by Gasteiger charge is 2.24. The van der Waals surface area contributed by atoms with Crippen LogP contribution < -0.4 is 0 Å². The van der Waals surface area contributed by atoms with Gasteiger partial charge in [-0.1, -0.05) is 6.07 Å². The number of carbonyl (C=O) groups excluding carboxylic acids is 2. The van der Waals surface area contributed by atoms with Gasteiger partial charge in [-0.2, -0.15) is 5.10 Å². The first kappa shape index (κ1) is 17.3. The van der Waals surface area contributed by atoms with Crippen LogP contribution >= 0.6 is 0 Å². The van der Waals surface area contributed by atoms with Crippen LogP contribution in [0.2, 0.25) is 0 Å². The zero-order valence-electron chi connectivity index (χ0n) is 14.3. The molecule has 8 heteroatoms. The maximum atomic E-state index is 13.8. The standard InChI is InChI=1S/C19H16F2N4O2/c20-11-4-3-5-12(21)16(11)15(27)8-10-9-22-25-17(10)19-23-13-6-1-2-7-14(26)18(13)24-19/h3-5,9H,1-2,6-8H2,(H,22,25)(H,23,24). The lowest BCUT2D eigenvalue weighted by Crippen LogP contribution is -2.09. The Kier molecular flexibility index (Phi) is 4.39. The minimum absolute atomic E-state index is 0.0180. The van der Waals surface area contributed by atoms with E-state index in [-0.39, 0.29) is 12.2 Å². The van der Waals surface area contributed by atoms with Gasteiger partial charge in [-0.15, -0.1) is 0 Å². The van der Waals surface area contributed by atoms with Crippen molar-refractivity contribution in [1.82, 2.24) is 20.2 Å². The highest BCUT2D eigenvalue weighted by Crippen LogP contribution is 2.26. The van der Waals surface area contributed by atoms with Crippen LogP contribution in [0.1, 0.15) is 51.4 Å². The third-order valence-corrected chi connectivity index (χ3v) is 4.67. The van der Waals surface area contributed by atoms with Crippen molar-refractivity contribution >= 4 is 11.6 Å². The number of aromatic nitrogens is 4. The number of nitrogens with one attached hydrogen (secondary N) is 2. The molecular formula is C19H16F2N4O2. The van der Waals surface area contributed by atoms with Crippen LogP contribution in [0.5, 0.6) is 0 Å². The Morgan fingerprint density at radius 2 is 1.89 bits per heavy atom. The van der Waals surface area contributed by atoms with Gasteiger partial charge in [0.25, 0.3) is 0 Å². The fraction of sp³-hybridized carbons (Fsp3) is 0.263. The predicted octanol–water partition coefficient (Wildman–Crippen LogP) is 3.41. The summed E-state index contributed by atoms with van der Waals surface area (Å²) in [6, 6.07) is 3.29. The largest absolute Gasteiger partial charge is 0.340 e. The zero-order chi connectivity index (χ0) is 19.0. The van der Waals surface area contributed by atoms with Gasteiger partial charge in [0.05, 0.1) is 11.8 Å². The summed E-state index contributed by atoms with van der Waals surface area (Å²) in [7, 11) is 0. The average molecular weight is 370 g/mol. The van der Waals surface area contributed by atoms with E-state index in [1.807, 2.05) is 0 Å². The quantitative estimate of drug-likeness (QED) is 0.544. The lowest BCUT2D eigenvalue weighted by molar-refractivity contribution is 0.0972. The van der Waals surface area contributed by atoms with Gasteiger partial charge in [0, 0.05) is 24.1 Å². The highest BCUT2D eigenvalue weighted by molar-refractivity contribution is 5.99. The number of carbonyl (C=O) groups is 2. The van der Waals surface area contributed by atoms with Crippen LogP contribution in [0.3, 0.4) is 0 Å². The topological polar surface area (TPSA) is 91.5 Å². The van der Waals surface area contributed by atoms with E-state index < -0.39 is 23.0 Å². The molecule has 0 unspecified atom stereocenters. The van der Waals surface area contributed by atoms with Gasteiger partial charge < -0.3 is 4.98 Å². The molecule has 138 valence electrons. The molecule has 0 saturated heterocycles. The Bertz CT molecular complexity index is 1020. The lowest BCUT2D eigenvalue weighted by atomic mass is 10.0. The van der Waals surface area contributed by atoms with Gasteiger partial charge >= 0.3 is 0 Å². The fourth-order valence-electron chi connectivity index (χ4n) is 3.32. The number of H-pyrrole nitrogens is 2. The number of aromatic amines is 2. The second-order valence-electron chi connectivity index (χ2n) is 6.51. The Morgan fingerprint density at radius 3 is 2.67 bits per heavy atom. The van der Waals surface area contributed by atoms with Gasteiger partial charge in [0.2, 0.25) is 0 Å². The molecule has 2 aromatic heterocycles. The van der Waals surface area contributed by atoms with Gasteiger partial charge in [-0.3, -0.25) is 14.7 Å². The summed E-state index contributed by atoms with van der Waals surface area (Å²) in [5.74, 6) is -2.13. The Labute approximate surface area is 153 Å². The van der Waals surface area contributed by atoms with Gasteiger partial charge in [-0.25, -0.2) is 13.8 Å². The summed E-state index contributed by atoms with van der Waals surface area (Å²) in [6.45, 7) is 0. The smallest absolute Gasteiger partial charge is 0.183 e. The third kappa shape index (κ3) is 3.18. The summed E-state index contributed by atoms with van der Waals surface area (Å²) in [5, 5.41) is 6.68. The van der Waals surface area contributed by atoms with Crippen molar-refractivity contribution in [2.75, 3.05) is 0 Å². The summed E-state index contributed by atoms with van der Waals surface area (Å²) in [6.07, 6.45) is 4.07. The van der Waals surface area contributed by atoms with Crippen molar-refractivity contribution in [3.8, 4) is 11.5 Å². The molecule has 1 aliphatic carbocycles. The molecule has 0 fully saturated rings. The molecule has 27 heavy (non-hydrogen) atoms. The molecule has 1 aromatic carbocycles. The minimum atomic E-state index is -0.902. The molecule has 2 N–H and O–H groups in total. The Balaban J connectivity index is 1.65. The molecular weight excluding hydrogens is 354 g/mol. The highest BCUT2D eigenvalue weighted by atomic mass is 19.1. The van der Waals surface area contributed by atoms with Crippen molar-refractivity contribution in [1.29, 1.82) is 0 Å². The number of rotatable bonds is 4. The lowest BCUT2D eigenvalue weighted by Gasteiger charge is -2.04. The molecule has 4 rings (SSSR count). The van der Waals surface area contributed by atoms with E-state index in [1.165, 1.54) is 12.3 Å². The first-order valence-electron chi connectivity index (χ1n) is 8.66. The van der Waals surface area contributed by atoms with Crippen molar-refractivity contribution in [2.24, 2.45) is 0 Å². The minimum Gasteiger partial charge on any atom is -0.340 e. The van der Waals surface area contributed by atoms with Gasteiger partial charge in [0.15, 0.2) is 17.4 Å². The van der Waals surface area contributed by atoms with Crippen LogP contribution in [-0.4, -0.2) is 31.7 Å². The molecule has 0 amide bonds. The summed E-state index contributed by atoms with van der Waals surface area (Å²) < 4.78 is 27.7. The number of nitrogens with zero attached hydrogens (tertiary/aromatic N) is 2. The van der Waals surface area contributed by atoms with Crippen LogP contribution in [0.25, 0.3) is 11.5 Å². The van der Waals surface area contributed by atoms with Crippen molar-refractivity contribution in [2.45, 2.75) is 32.1 Å². The maximum Gasteiger partial charge on any atom is 0.183 e. The molecule has 0 aliphatic heterocycles. The Morgan fingerprint density at radius 1 is 1.15 bits per heavy atom. The monoisotopic (exact) mass is 370 g/mol. The molecule has 0 radical (unpaired) electrons. The van der Waals surface area contributed by atoms with E-state index in [0.29, 0.717) is 29.2 Å². The normalized spacial score (nSPS) is 14.1. The SMILES string of the molecule is O=C1CCCCc2[nH]c(-c3[nH]ncc3CC(=O)c3c(F)cccc3F)nc21. The number of hydrogen-bond acceptors (Lipinski definition) is 4. The van der Waals surface area contributed by atoms with E-state index in [9.17, 15) is 18.4 Å². The Hall–Kier alpha value is -3.16. The maximum absolute atomic E-state index is 13.8. The second-order valence-corrected chi connectivity index (χ2v) is 6.51. The van der Waals surface area contributed by atoms with E-state index >= 15 is 0 Å². The number of imidazole rings is 1. The number of aryl methyl sites for hydroxylation is 1. The average Bonchev–Trinajstić information content (AvgIpc) is 3.21. The molecule has 2 heterocycles. The second kappa shape index (κ2) is 6.86. The van der Waals surface area contributed by atoms with E-state index in [1.54, 1.807) is 0 Å². The summed E-state index contributed by atoms with van der Waals surface area (Å²) >= 11 is 0. The fourth-order valence-corrected chi connectivity index (χ4v) is 3.32. The molecule has 1 aliphatic rings. The number of fused-ring (bicyclic) bond motifs is 1. The van der Waals surface area contributed by atoms with E-state index in [0.717, 1.165) is 37.1 Å². The van der Waals surface area contributed by atoms with E-state index in [4.69, 9.17) is 0 Å². The number of hydrogen-bond donors (Lipinski definition) is 2. The van der Waals surface area contributed by atoms with Crippen molar-refractivity contribution in [3.05, 3.63) is 58.5 Å². The number of ketones is 2. The van der Waals surface area contributed by atoms with Crippen LogP contribution in [0.15, 0.2) is 24.4 Å². The first-order valence-corrected chi connectivity index (χ1v) is 8.66. The number of benzene rings is 1. The van der Waals surface area contributed by atoms with Crippen LogP contribution in [0, 0.1) is 11.6 Å². The third-order valence-electron chi connectivity index (χ3n) is 4.67. The van der Waals surface area contributed by atoms with Gasteiger partial charge in [-0.05, 0) is 31.4 Å². The number of halogens is 2.